The number of para-hydroxylation sites is 1. The van der Waals surface area contributed by atoms with Crippen LogP contribution in [0.2, 0.25) is 0 Å². The number of aromatic hydroxyl groups is 1. The number of nitrogens with one attached hydrogen (secondary N) is 1. The first-order chi connectivity index (χ1) is 8.06. The molecule has 0 aliphatic carbocycles. The Balaban J connectivity index is 2.61. The smallest absolute Gasteiger partial charge is 0.221 e. The lowest BCUT2D eigenvalue weighted by Gasteiger charge is -2.25. The average molecular weight is 236 g/mol. The van der Waals surface area contributed by atoms with E-state index in [0.29, 0.717) is 18.7 Å². The summed E-state index contributed by atoms with van der Waals surface area (Å²) in [6, 6.07) is 7.36. The van der Waals surface area contributed by atoms with Crippen LogP contribution in [0, 0.1) is 0 Å². The van der Waals surface area contributed by atoms with E-state index in [-0.39, 0.29) is 11.9 Å². The van der Waals surface area contributed by atoms with Gasteiger partial charge in [-0.25, -0.2) is 0 Å². The predicted molar refractivity (Wildman–Crippen MR) is 67.8 cm³/mol. The maximum atomic E-state index is 11.2. The molecule has 1 aromatic carbocycles. The van der Waals surface area contributed by atoms with E-state index in [9.17, 15) is 9.90 Å². The summed E-state index contributed by atoms with van der Waals surface area (Å²) in [6.45, 7) is 2.67. The maximum absolute atomic E-state index is 11.2. The Bertz CT molecular complexity index is 379. The highest BCUT2D eigenvalue weighted by Crippen LogP contribution is 2.26. The van der Waals surface area contributed by atoms with Crippen molar-refractivity contribution in [3.05, 3.63) is 29.8 Å². The number of carbonyl (C=O) groups is 1. The van der Waals surface area contributed by atoms with Crippen LogP contribution < -0.4 is 5.32 Å². The van der Waals surface area contributed by atoms with Gasteiger partial charge < -0.3 is 10.4 Å². The quantitative estimate of drug-likeness (QED) is 0.815. The first-order valence-electron chi connectivity index (χ1n) is 5.75. The van der Waals surface area contributed by atoms with Gasteiger partial charge >= 0.3 is 0 Å². The van der Waals surface area contributed by atoms with Gasteiger partial charge in [-0.3, -0.25) is 9.69 Å². The molecular formula is C13H20N2O2. The molecule has 1 unspecified atom stereocenters. The molecule has 0 fully saturated rings. The second-order valence-electron chi connectivity index (χ2n) is 4.14. The molecule has 0 saturated carbocycles. The molecule has 0 spiro atoms. The van der Waals surface area contributed by atoms with E-state index in [1.165, 1.54) is 0 Å². The topological polar surface area (TPSA) is 52.6 Å². The molecule has 1 atom stereocenters. The summed E-state index contributed by atoms with van der Waals surface area (Å²) < 4.78 is 0. The largest absolute Gasteiger partial charge is 0.508 e. The van der Waals surface area contributed by atoms with Crippen LogP contribution in [0.4, 0.5) is 0 Å². The highest BCUT2D eigenvalue weighted by molar-refractivity contribution is 5.75. The fraction of sp³-hybridized carbons (Fsp3) is 0.462. The third-order valence-electron chi connectivity index (χ3n) is 3.02. The first kappa shape index (κ1) is 13.5. The zero-order valence-electron chi connectivity index (χ0n) is 10.6. The van der Waals surface area contributed by atoms with Crippen LogP contribution in [0.15, 0.2) is 24.3 Å². The molecule has 0 aromatic heterocycles. The van der Waals surface area contributed by atoms with E-state index in [2.05, 4.69) is 5.32 Å². The molecule has 0 aliphatic heterocycles. The van der Waals surface area contributed by atoms with Crippen molar-refractivity contribution in [2.45, 2.75) is 19.4 Å². The summed E-state index contributed by atoms with van der Waals surface area (Å²) in [5.74, 6) is 0.327. The van der Waals surface area contributed by atoms with Gasteiger partial charge in [0.2, 0.25) is 5.91 Å². The van der Waals surface area contributed by atoms with Gasteiger partial charge in [0.25, 0.3) is 0 Å². The lowest BCUT2D eigenvalue weighted by Crippen LogP contribution is -2.28. The van der Waals surface area contributed by atoms with E-state index in [1.807, 2.05) is 31.0 Å². The van der Waals surface area contributed by atoms with Crippen LogP contribution in [0.3, 0.4) is 0 Å². The molecule has 17 heavy (non-hydrogen) atoms. The van der Waals surface area contributed by atoms with Crippen molar-refractivity contribution in [1.82, 2.24) is 10.2 Å². The zero-order chi connectivity index (χ0) is 12.8. The number of phenolic OH excluding ortho intramolecular Hbond substituents is 1. The monoisotopic (exact) mass is 236 g/mol. The summed E-state index contributed by atoms with van der Waals surface area (Å²) in [7, 11) is 3.58. The Hall–Kier alpha value is -1.55. The maximum Gasteiger partial charge on any atom is 0.221 e. The highest BCUT2D eigenvalue weighted by atomic mass is 16.3. The van der Waals surface area contributed by atoms with Gasteiger partial charge in [-0.05, 0) is 20.0 Å². The van der Waals surface area contributed by atoms with E-state index in [4.69, 9.17) is 0 Å². The Morgan fingerprint density at radius 1 is 1.47 bits per heavy atom. The average Bonchev–Trinajstić information content (AvgIpc) is 2.35. The molecule has 1 amide bonds. The minimum atomic E-state index is 0.0290. The fourth-order valence-corrected chi connectivity index (χ4v) is 1.67. The Labute approximate surface area is 102 Å². The number of nitrogens with zero attached hydrogens (tertiary/aromatic N) is 1. The van der Waals surface area contributed by atoms with Crippen molar-refractivity contribution in [3.63, 3.8) is 0 Å². The standard InChI is InChI=1S/C13H20N2O2/c1-10(11-6-4-5-7-12(11)16)15(3)9-8-13(17)14-2/h4-7,10,16H,8-9H2,1-3H3,(H,14,17). The molecule has 0 bridgehead atoms. The molecule has 4 nitrogen and oxygen atoms in total. The molecule has 1 rings (SSSR count). The van der Waals surface area contributed by atoms with Gasteiger partial charge in [-0.15, -0.1) is 0 Å². The summed E-state index contributed by atoms with van der Waals surface area (Å²) in [5, 5.41) is 12.3. The van der Waals surface area contributed by atoms with Crippen LogP contribution >= 0.6 is 0 Å². The van der Waals surface area contributed by atoms with E-state index in [0.717, 1.165) is 5.56 Å². The van der Waals surface area contributed by atoms with Crippen molar-refractivity contribution in [2.75, 3.05) is 20.6 Å². The SMILES string of the molecule is CNC(=O)CCN(C)C(C)c1ccccc1O. The summed E-state index contributed by atoms with van der Waals surface area (Å²) >= 11 is 0. The normalized spacial score (nSPS) is 12.5. The number of phenols is 1. The lowest BCUT2D eigenvalue weighted by atomic mass is 10.1. The van der Waals surface area contributed by atoms with Crippen molar-refractivity contribution in [3.8, 4) is 5.75 Å². The van der Waals surface area contributed by atoms with Gasteiger partial charge in [0.1, 0.15) is 5.75 Å². The Morgan fingerprint density at radius 3 is 2.71 bits per heavy atom. The van der Waals surface area contributed by atoms with Gasteiger partial charge in [0.15, 0.2) is 0 Å². The second-order valence-corrected chi connectivity index (χ2v) is 4.14. The molecule has 2 N–H and O–H groups in total. The highest BCUT2D eigenvalue weighted by Gasteiger charge is 2.15. The summed E-state index contributed by atoms with van der Waals surface area (Å²) in [5.41, 5.74) is 0.881. The molecule has 1 aromatic rings. The Morgan fingerprint density at radius 2 is 2.12 bits per heavy atom. The molecule has 0 radical (unpaired) electrons. The summed E-state index contributed by atoms with van der Waals surface area (Å²) in [4.78, 5) is 13.2. The molecule has 0 heterocycles. The van der Waals surface area contributed by atoms with Crippen molar-refractivity contribution >= 4 is 5.91 Å². The molecule has 4 heteroatoms. The van der Waals surface area contributed by atoms with E-state index < -0.39 is 0 Å². The van der Waals surface area contributed by atoms with E-state index >= 15 is 0 Å². The van der Waals surface area contributed by atoms with Crippen LogP contribution in [-0.4, -0.2) is 36.6 Å². The third-order valence-corrected chi connectivity index (χ3v) is 3.02. The second kappa shape index (κ2) is 6.25. The van der Waals surface area contributed by atoms with Crippen molar-refractivity contribution in [2.24, 2.45) is 0 Å². The van der Waals surface area contributed by atoms with Crippen LogP contribution in [-0.2, 0) is 4.79 Å². The van der Waals surface area contributed by atoms with Crippen LogP contribution in [0.25, 0.3) is 0 Å². The predicted octanol–water partition coefficient (Wildman–Crippen LogP) is 1.52. The molecule has 0 aliphatic rings. The number of carbonyl (C=O) groups excluding carboxylic acids is 1. The number of benzene rings is 1. The van der Waals surface area contributed by atoms with Crippen LogP contribution in [0.5, 0.6) is 5.75 Å². The molecule has 0 saturated heterocycles. The molecule has 94 valence electrons. The van der Waals surface area contributed by atoms with Crippen molar-refractivity contribution in [1.29, 1.82) is 0 Å². The summed E-state index contributed by atoms with van der Waals surface area (Å²) in [6.07, 6.45) is 0.463. The van der Waals surface area contributed by atoms with Gasteiger partial charge in [-0.2, -0.15) is 0 Å². The van der Waals surface area contributed by atoms with Crippen molar-refractivity contribution < 1.29 is 9.90 Å². The van der Waals surface area contributed by atoms with E-state index in [1.54, 1.807) is 19.2 Å². The minimum Gasteiger partial charge on any atom is -0.508 e. The van der Waals surface area contributed by atoms with Gasteiger partial charge in [-0.1, -0.05) is 18.2 Å². The number of hydrogen-bond acceptors (Lipinski definition) is 3. The number of hydrogen-bond donors (Lipinski definition) is 2. The third kappa shape index (κ3) is 3.75. The van der Waals surface area contributed by atoms with Crippen LogP contribution in [0.1, 0.15) is 24.9 Å². The first-order valence-corrected chi connectivity index (χ1v) is 5.75. The number of amides is 1. The Kier molecular flexibility index (Phi) is 4.97. The fourth-order valence-electron chi connectivity index (χ4n) is 1.67. The zero-order valence-corrected chi connectivity index (χ0v) is 10.6. The van der Waals surface area contributed by atoms with Gasteiger partial charge in [0, 0.05) is 31.6 Å². The molecular weight excluding hydrogens is 216 g/mol. The minimum absolute atomic E-state index is 0.0290. The number of rotatable bonds is 5. The lowest BCUT2D eigenvalue weighted by molar-refractivity contribution is -0.120. The van der Waals surface area contributed by atoms with Gasteiger partial charge in [0.05, 0.1) is 0 Å².